The van der Waals surface area contributed by atoms with E-state index in [-0.39, 0.29) is 5.69 Å². The second kappa shape index (κ2) is 2.81. The molecule has 0 radical (unpaired) electrons. The van der Waals surface area contributed by atoms with Gasteiger partial charge in [-0.3, -0.25) is 10.1 Å². The van der Waals surface area contributed by atoms with Crippen molar-refractivity contribution in [1.29, 1.82) is 0 Å². The van der Waals surface area contributed by atoms with Gasteiger partial charge in [-0.15, -0.1) is 0 Å². The fourth-order valence-electron chi connectivity index (χ4n) is 1.09. The maximum Gasteiger partial charge on any atom is 0.357 e. The molecule has 0 saturated carbocycles. The van der Waals surface area contributed by atoms with Gasteiger partial charge in [0.2, 0.25) is 0 Å². The van der Waals surface area contributed by atoms with E-state index in [1.807, 2.05) is 0 Å². The number of nitrogens with zero attached hydrogens (tertiary/aromatic N) is 2. The molecule has 0 aromatic carbocycles. The van der Waals surface area contributed by atoms with Crippen molar-refractivity contribution < 1.29 is 9.90 Å². The molecule has 13 heavy (non-hydrogen) atoms. The minimum atomic E-state index is -1.06. The molecule has 0 saturated heterocycles. The lowest BCUT2D eigenvalue weighted by molar-refractivity contribution is 0.0692. The van der Waals surface area contributed by atoms with E-state index in [0.717, 1.165) is 0 Å². The number of hydrogen-bond acceptors (Lipinski definition) is 3. The summed E-state index contributed by atoms with van der Waals surface area (Å²) in [4.78, 5) is 14.6. The van der Waals surface area contributed by atoms with Crippen molar-refractivity contribution in [3.05, 3.63) is 22.6 Å². The highest BCUT2D eigenvalue weighted by atomic mass is 79.9. The Labute approximate surface area is 80.9 Å². The van der Waals surface area contributed by atoms with Gasteiger partial charge in [-0.2, -0.15) is 5.10 Å². The zero-order chi connectivity index (χ0) is 9.42. The topological polar surface area (TPSA) is 78.9 Å². The molecule has 2 rings (SSSR count). The van der Waals surface area contributed by atoms with Crippen molar-refractivity contribution in [2.24, 2.45) is 0 Å². The van der Waals surface area contributed by atoms with E-state index >= 15 is 0 Å². The van der Waals surface area contributed by atoms with E-state index in [4.69, 9.17) is 5.11 Å². The quantitative estimate of drug-likeness (QED) is 0.792. The average Bonchev–Trinajstić information content (AvgIpc) is 2.49. The molecule has 2 heterocycles. The minimum absolute atomic E-state index is 0.00396. The van der Waals surface area contributed by atoms with E-state index < -0.39 is 5.97 Å². The van der Waals surface area contributed by atoms with Crippen LogP contribution >= 0.6 is 15.9 Å². The SMILES string of the molecule is O=C(O)c1n[nH]c2cncc(Br)c12. The fraction of sp³-hybridized carbons (Fsp3) is 0. The third-order valence-electron chi connectivity index (χ3n) is 1.63. The van der Waals surface area contributed by atoms with E-state index in [2.05, 4.69) is 31.1 Å². The molecular formula is C7H4BrN3O2. The second-order valence-electron chi connectivity index (χ2n) is 2.42. The van der Waals surface area contributed by atoms with Crippen molar-refractivity contribution in [3.8, 4) is 0 Å². The molecule has 5 nitrogen and oxygen atoms in total. The van der Waals surface area contributed by atoms with E-state index in [1.54, 1.807) is 0 Å². The first-order valence-corrected chi connectivity index (χ1v) is 4.20. The number of carboxylic acid groups (broad SMARTS) is 1. The lowest BCUT2D eigenvalue weighted by Gasteiger charge is -1.92. The Morgan fingerprint density at radius 2 is 2.31 bits per heavy atom. The Balaban J connectivity index is 2.86. The largest absolute Gasteiger partial charge is 0.476 e. The van der Waals surface area contributed by atoms with Crippen LogP contribution in [0.5, 0.6) is 0 Å². The summed E-state index contributed by atoms with van der Waals surface area (Å²) in [7, 11) is 0. The van der Waals surface area contributed by atoms with Gasteiger partial charge in [0.05, 0.1) is 17.1 Å². The molecular weight excluding hydrogens is 238 g/mol. The highest BCUT2D eigenvalue weighted by Crippen LogP contribution is 2.23. The first-order valence-electron chi connectivity index (χ1n) is 3.41. The Morgan fingerprint density at radius 3 is 3.00 bits per heavy atom. The highest BCUT2D eigenvalue weighted by Gasteiger charge is 2.14. The number of aromatic carboxylic acids is 1. The Morgan fingerprint density at radius 1 is 1.54 bits per heavy atom. The predicted octanol–water partition coefficient (Wildman–Crippen LogP) is 1.42. The number of hydrogen-bond donors (Lipinski definition) is 2. The summed E-state index contributed by atoms with van der Waals surface area (Å²) in [6.07, 6.45) is 3.06. The molecule has 0 aliphatic rings. The van der Waals surface area contributed by atoms with Crippen molar-refractivity contribution in [2.75, 3.05) is 0 Å². The smallest absolute Gasteiger partial charge is 0.357 e. The van der Waals surface area contributed by atoms with Crippen LogP contribution in [-0.4, -0.2) is 26.3 Å². The third kappa shape index (κ3) is 1.19. The Bertz CT molecular complexity index is 480. The molecule has 66 valence electrons. The summed E-state index contributed by atoms with van der Waals surface area (Å²) in [5.41, 5.74) is 0.607. The number of H-pyrrole nitrogens is 1. The van der Waals surface area contributed by atoms with Gasteiger partial charge < -0.3 is 5.11 Å². The Kier molecular flexibility index (Phi) is 1.77. The van der Waals surface area contributed by atoms with Gasteiger partial charge in [-0.25, -0.2) is 4.79 Å². The summed E-state index contributed by atoms with van der Waals surface area (Å²) in [6, 6.07) is 0. The third-order valence-corrected chi connectivity index (χ3v) is 2.23. The van der Waals surface area contributed by atoms with Crippen LogP contribution in [-0.2, 0) is 0 Å². The summed E-state index contributed by atoms with van der Waals surface area (Å²) in [6.45, 7) is 0. The molecule has 0 fully saturated rings. The number of carbonyl (C=O) groups is 1. The standard InChI is InChI=1S/C7H4BrN3O2/c8-3-1-9-2-4-5(3)6(7(12)13)11-10-4/h1-2H,(H,10,11)(H,12,13). The van der Waals surface area contributed by atoms with Crippen molar-refractivity contribution in [1.82, 2.24) is 15.2 Å². The molecule has 0 aliphatic carbocycles. The second-order valence-corrected chi connectivity index (χ2v) is 3.28. The highest BCUT2D eigenvalue weighted by molar-refractivity contribution is 9.10. The Hall–Kier alpha value is -1.43. The van der Waals surface area contributed by atoms with E-state index in [0.29, 0.717) is 15.4 Å². The molecule has 6 heteroatoms. The molecule has 2 aromatic rings. The van der Waals surface area contributed by atoms with E-state index in [9.17, 15) is 4.79 Å². The average molecular weight is 242 g/mol. The predicted molar refractivity (Wildman–Crippen MR) is 48.5 cm³/mol. The minimum Gasteiger partial charge on any atom is -0.476 e. The molecule has 0 bridgehead atoms. The monoisotopic (exact) mass is 241 g/mol. The van der Waals surface area contributed by atoms with Crippen LogP contribution < -0.4 is 0 Å². The van der Waals surface area contributed by atoms with Gasteiger partial charge in [0, 0.05) is 10.7 Å². The number of aromatic nitrogens is 3. The molecule has 2 aromatic heterocycles. The van der Waals surface area contributed by atoms with Crippen LogP contribution in [0.25, 0.3) is 10.9 Å². The van der Waals surface area contributed by atoms with Gasteiger partial charge >= 0.3 is 5.97 Å². The van der Waals surface area contributed by atoms with Crippen molar-refractivity contribution in [3.63, 3.8) is 0 Å². The lowest BCUT2D eigenvalue weighted by atomic mass is 10.2. The van der Waals surface area contributed by atoms with Crippen LogP contribution in [0.4, 0.5) is 0 Å². The number of halogens is 1. The molecule has 2 N–H and O–H groups in total. The molecule has 0 unspecified atom stereocenters. The van der Waals surface area contributed by atoms with Gasteiger partial charge in [0.15, 0.2) is 5.69 Å². The number of pyridine rings is 1. The van der Waals surface area contributed by atoms with Gasteiger partial charge in [-0.1, -0.05) is 0 Å². The van der Waals surface area contributed by atoms with Crippen molar-refractivity contribution in [2.45, 2.75) is 0 Å². The van der Waals surface area contributed by atoms with Crippen LogP contribution in [0.2, 0.25) is 0 Å². The van der Waals surface area contributed by atoms with E-state index in [1.165, 1.54) is 12.4 Å². The number of fused-ring (bicyclic) bond motifs is 1. The molecule has 0 atom stereocenters. The van der Waals surface area contributed by atoms with Crippen LogP contribution in [0.3, 0.4) is 0 Å². The zero-order valence-corrected chi connectivity index (χ0v) is 7.87. The van der Waals surface area contributed by atoms with Gasteiger partial charge in [0.1, 0.15) is 0 Å². The number of aromatic amines is 1. The first-order chi connectivity index (χ1) is 6.20. The normalized spacial score (nSPS) is 10.5. The number of rotatable bonds is 1. The molecule has 0 spiro atoms. The van der Waals surface area contributed by atoms with Crippen LogP contribution in [0.15, 0.2) is 16.9 Å². The zero-order valence-electron chi connectivity index (χ0n) is 6.28. The number of carboxylic acids is 1. The first kappa shape index (κ1) is 8.18. The van der Waals surface area contributed by atoms with Crippen molar-refractivity contribution >= 4 is 32.8 Å². The summed E-state index contributed by atoms with van der Waals surface area (Å²) in [5, 5.41) is 15.6. The fourth-order valence-corrected chi connectivity index (χ4v) is 1.61. The lowest BCUT2D eigenvalue weighted by Crippen LogP contribution is -1.97. The van der Waals surface area contributed by atoms with Gasteiger partial charge in [0.25, 0.3) is 0 Å². The maximum atomic E-state index is 10.7. The summed E-state index contributed by atoms with van der Waals surface area (Å²) < 4.78 is 0.621. The molecule has 0 aliphatic heterocycles. The summed E-state index contributed by atoms with van der Waals surface area (Å²) >= 11 is 3.21. The van der Waals surface area contributed by atoms with Crippen LogP contribution in [0.1, 0.15) is 10.5 Å². The summed E-state index contributed by atoms with van der Waals surface area (Å²) in [5.74, 6) is -1.06. The van der Waals surface area contributed by atoms with Gasteiger partial charge in [-0.05, 0) is 15.9 Å². The molecule has 0 amide bonds. The maximum absolute atomic E-state index is 10.7. The number of nitrogens with one attached hydrogen (secondary N) is 1. The van der Waals surface area contributed by atoms with Crippen LogP contribution in [0, 0.1) is 0 Å².